The van der Waals surface area contributed by atoms with Crippen molar-refractivity contribution >= 4 is 11.8 Å². The zero-order valence-corrected chi connectivity index (χ0v) is 15.3. The van der Waals surface area contributed by atoms with Crippen molar-refractivity contribution in [2.75, 3.05) is 6.79 Å². The minimum Gasteiger partial charge on any atom is -0.467 e. The summed E-state index contributed by atoms with van der Waals surface area (Å²) in [6, 6.07) is 11.1. The summed E-state index contributed by atoms with van der Waals surface area (Å²) < 4.78 is 26.6. The van der Waals surface area contributed by atoms with Crippen molar-refractivity contribution in [3.05, 3.63) is 58.9 Å². The minimum atomic E-state index is -0.285. The van der Waals surface area contributed by atoms with E-state index in [1.54, 1.807) is 0 Å². The Bertz CT molecular complexity index is 958. The molecule has 0 aliphatic carbocycles. The fourth-order valence-electron chi connectivity index (χ4n) is 2.98. The summed E-state index contributed by atoms with van der Waals surface area (Å²) in [6.45, 7) is 2.61. The Morgan fingerprint density at radius 1 is 1.23 bits per heavy atom. The Hall–Kier alpha value is -2.38. The maximum absolute atomic E-state index is 13.9. The lowest BCUT2D eigenvalue weighted by Crippen LogP contribution is -2.13. The van der Waals surface area contributed by atoms with Gasteiger partial charge in [0.25, 0.3) is 0 Å². The topological polar surface area (TPSA) is 49.2 Å². The predicted octanol–water partition coefficient (Wildman–Crippen LogP) is 4.09. The van der Waals surface area contributed by atoms with E-state index < -0.39 is 0 Å². The number of ether oxygens (including phenoxy) is 2. The van der Waals surface area contributed by atoms with Gasteiger partial charge in [0.2, 0.25) is 0 Å². The highest BCUT2D eigenvalue weighted by molar-refractivity contribution is 7.98. The summed E-state index contributed by atoms with van der Waals surface area (Å²) in [4.78, 5) is 0. The number of hydrogen-bond acceptors (Lipinski definition) is 5. The summed E-state index contributed by atoms with van der Waals surface area (Å²) in [6.07, 6.45) is 0. The van der Waals surface area contributed by atoms with E-state index >= 15 is 0 Å². The highest BCUT2D eigenvalue weighted by Crippen LogP contribution is 2.34. The summed E-state index contributed by atoms with van der Waals surface area (Å²) >= 11 is 1.50. The standard InChI is InChI=1S/C19H18FN3O2S/c1-12-4-3-5-13(6-12)18-21-22-19(23(18)2)26-10-15-8-16(20)7-14-9-24-11-25-17(14)15/h3-8H,9-11H2,1-2H3. The number of aromatic nitrogens is 3. The molecular weight excluding hydrogens is 353 g/mol. The molecule has 0 bridgehead atoms. The fourth-order valence-corrected chi connectivity index (χ4v) is 3.86. The van der Waals surface area contributed by atoms with Gasteiger partial charge in [0.05, 0.1) is 6.61 Å². The van der Waals surface area contributed by atoms with E-state index in [0.717, 1.165) is 27.7 Å². The molecule has 0 atom stereocenters. The Kier molecular flexibility index (Phi) is 4.65. The molecule has 26 heavy (non-hydrogen) atoms. The molecule has 134 valence electrons. The van der Waals surface area contributed by atoms with Crippen LogP contribution < -0.4 is 4.74 Å². The maximum Gasteiger partial charge on any atom is 0.191 e. The third-order valence-electron chi connectivity index (χ3n) is 4.22. The first-order valence-electron chi connectivity index (χ1n) is 8.23. The molecule has 0 spiro atoms. The van der Waals surface area contributed by atoms with Gasteiger partial charge in [-0.1, -0.05) is 35.5 Å². The van der Waals surface area contributed by atoms with Gasteiger partial charge in [-0.05, 0) is 25.1 Å². The summed E-state index contributed by atoms with van der Waals surface area (Å²) in [7, 11) is 1.94. The largest absolute Gasteiger partial charge is 0.467 e. The van der Waals surface area contributed by atoms with Crippen LogP contribution in [-0.2, 0) is 24.1 Å². The Morgan fingerprint density at radius 2 is 2.12 bits per heavy atom. The molecule has 0 N–H and O–H groups in total. The third kappa shape index (κ3) is 3.32. The van der Waals surface area contributed by atoms with Crippen LogP contribution in [0.2, 0.25) is 0 Å². The molecule has 3 aromatic rings. The first-order valence-corrected chi connectivity index (χ1v) is 9.21. The van der Waals surface area contributed by atoms with Crippen molar-refractivity contribution in [1.82, 2.24) is 14.8 Å². The lowest BCUT2D eigenvalue weighted by atomic mass is 10.1. The van der Waals surface area contributed by atoms with Crippen LogP contribution in [0.15, 0.2) is 41.6 Å². The number of benzene rings is 2. The first-order chi connectivity index (χ1) is 12.6. The average Bonchev–Trinajstić information content (AvgIpc) is 3.00. The zero-order chi connectivity index (χ0) is 18.1. The van der Waals surface area contributed by atoms with E-state index in [4.69, 9.17) is 9.47 Å². The molecular formula is C19H18FN3O2S. The van der Waals surface area contributed by atoms with Crippen molar-refractivity contribution in [3.63, 3.8) is 0 Å². The van der Waals surface area contributed by atoms with Crippen LogP contribution in [0.25, 0.3) is 11.4 Å². The second-order valence-electron chi connectivity index (χ2n) is 6.19. The van der Waals surface area contributed by atoms with Gasteiger partial charge in [0.1, 0.15) is 11.6 Å². The highest BCUT2D eigenvalue weighted by atomic mass is 32.2. The molecule has 2 aromatic carbocycles. The van der Waals surface area contributed by atoms with Crippen LogP contribution in [0, 0.1) is 12.7 Å². The fraction of sp³-hybridized carbons (Fsp3) is 0.263. The van der Waals surface area contributed by atoms with Crippen molar-refractivity contribution < 1.29 is 13.9 Å². The molecule has 1 aromatic heterocycles. The summed E-state index contributed by atoms with van der Waals surface area (Å²) in [5.74, 6) is 1.78. The lowest BCUT2D eigenvalue weighted by molar-refractivity contribution is -0.0171. The second-order valence-corrected chi connectivity index (χ2v) is 7.13. The van der Waals surface area contributed by atoms with Gasteiger partial charge in [0, 0.05) is 29.5 Å². The lowest BCUT2D eigenvalue weighted by Gasteiger charge is -2.20. The third-order valence-corrected chi connectivity index (χ3v) is 5.29. The summed E-state index contributed by atoms with van der Waals surface area (Å²) in [5, 5.41) is 9.37. The van der Waals surface area contributed by atoms with Crippen LogP contribution in [-0.4, -0.2) is 21.6 Å². The zero-order valence-electron chi connectivity index (χ0n) is 14.5. The molecule has 0 amide bonds. The van der Waals surface area contributed by atoms with Gasteiger partial charge in [-0.15, -0.1) is 10.2 Å². The SMILES string of the molecule is Cc1cccc(-c2nnc(SCc3cc(F)cc4c3OCOC4)n2C)c1. The van der Waals surface area contributed by atoms with Crippen LogP contribution in [0.4, 0.5) is 4.39 Å². The van der Waals surface area contributed by atoms with Gasteiger partial charge in [-0.3, -0.25) is 0 Å². The molecule has 0 saturated heterocycles. The number of nitrogens with zero attached hydrogens (tertiary/aromatic N) is 3. The van der Waals surface area contributed by atoms with Crippen LogP contribution in [0.3, 0.4) is 0 Å². The van der Waals surface area contributed by atoms with Gasteiger partial charge in [-0.25, -0.2) is 4.39 Å². The Balaban J connectivity index is 1.57. The van der Waals surface area contributed by atoms with E-state index in [0.29, 0.717) is 18.1 Å². The van der Waals surface area contributed by atoms with Crippen molar-refractivity contribution in [3.8, 4) is 17.1 Å². The normalized spacial score (nSPS) is 13.3. The highest BCUT2D eigenvalue weighted by Gasteiger charge is 2.18. The molecule has 5 nitrogen and oxygen atoms in total. The number of halogens is 1. The molecule has 1 aliphatic heterocycles. The van der Waals surface area contributed by atoms with Gasteiger partial charge in [-0.2, -0.15) is 0 Å². The molecule has 7 heteroatoms. The molecule has 0 fully saturated rings. The average molecular weight is 371 g/mol. The van der Waals surface area contributed by atoms with Crippen LogP contribution in [0.1, 0.15) is 16.7 Å². The number of thioether (sulfide) groups is 1. The Morgan fingerprint density at radius 3 is 2.96 bits per heavy atom. The number of fused-ring (bicyclic) bond motifs is 1. The quantitative estimate of drug-likeness (QED) is 0.647. The van der Waals surface area contributed by atoms with Crippen molar-refractivity contribution in [1.29, 1.82) is 0 Å². The van der Waals surface area contributed by atoms with Gasteiger partial charge in [0.15, 0.2) is 17.8 Å². The molecule has 0 unspecified atom stereocenters. The minimum absolute atomic E-state index is 0.192. The summed E-state index contributed by atoms with van der Waals surface area (Å²) in [5.41, 5.74) is 3.74. The van der Waals surface area contributed by atoms with E-state index in [1.165, 1.54) is 29.5 Å². The first kappa shape index (κ1) is 17.1. The van der Waals surface area contributed by atoms with Gasteiger partial charge >= 0.3 is 0 Å². The smallest absolute Gasteiger partial charge is 0.191 e. The van der Waals surface area contributed by atoms with E-state index in [1.807, 2.05) is 36.7 Å². The molecule has 0 radical (unpaired) electrons. The van der Waals surface area contributed by atoms with Gasteiger partial charge < -0.3 is 14.0 Å². The molecule has 2 heterocycles. The van der Waals surface area contributed by atoms with E-state index in [2.05, 4.69) is 16.3 Å². The van der Waals surface area contributed by atoms with E-state index in [-0.39, 0.29) is 12.6 Å². The number of rotatable bonds is 4. The monoisotopic (exact) mass is 371 g/mol. The second kappa shape index (κ2) is 7.09. The number of aryl methyl sites for hydroxylation is 1. The van der Waals surface area contributed by atoms with Crippen molar-refractivity contribution in [2.24, 2.45) is 7.05 Å². The predicted molar refractivity (Wildman–Crippen MR) is 97.4 cm³/mol. The van der Waals surface area contributed by atoms with E-state index in [9.17, 15) is 4.39 Å². The number of hydrogen-bond donors (Lipinski definition) is 0. The van der Waals surface area contributed by atoms with Crippen molar-refractivity contribution in [2.45, 2.75) is 24.4 Å². The maximum atomic E-state index is 13.9. The Labute approximate surface area is 155 Å². The molecule has 4 rings (SSSR count). The van der Waals surface area contributed by atoms with Crippen LogP contribution >= 0.6 is 11.8 Å². The van der Waals surface area contributed by atoms with Crippen LogP contribution in [0.5, 0.6) is 5.75 Å². The molecule has 0 saturated carbocycles. The molecule has 1 aliphatic rings.